The zero-order chi connectivity index (χ0) is 30.1. The van der Waals surface area contributed by atoms with Crippen LogP contribution in [0.15, 0.2) is 36.4 Å². The molecule has 1 atom stereocenters. The molecule has 2 aliphatic heterocycles. The van der Waals surface area contributed by atoms with Gasteiger partial charge in [-0.05, 0) is 26.2 Å². The van der Waals surface area contributed by atoms with Crippen LogP contribution in [0, 0.1) is 0 Å². The number of carboxylic acids is 1. The lowest BCUT2D eigenvalue weighted by Crippen LogP contribution is -2.55. The zero-order valence-electron chi connectivity index (χ0n) is 23.5. The molecule has 1 aromatic heterocycles. The number of aromatic nitrogens is 2. The van der Waals surface area contributed by atoms with Crippen molar-refractivity contribution in [3.05, 3.63) is 42.1 Å². The first-order chi connectivity index (χ1) is 20.2. The summed E-state index contributed by atoms with van der Waals surface area (Å²) in [6.45, 7) is 3.80. The Bertz CT molecular complexity index is 1250. The number of carbonyl (C=O) groups is 4. The predicted octanol–water partition coefficient (Wildman–Crippen LogP) is 1.30. The van der Waals surface area contributed by atoms with E-state index in [1.807, 2.05) is 35.2 Å². The van der Waals surface area contributed by atoms with Gasteiger partial charge in [0.15, 0.2) is 5.82 Å². The number of piperidine rings is 1. The molecule has 2 fully saturated rings. The Labute approximate surface area is 243 Å². The van der Waals surface area contributed by atoms with Gasteiger partial charge in [0, 0.05) is 44.2 Å². The quantitative estimate of drug-likeness (QED) is 0.342. The summed E-state index contributed by atoms with van der Waals surface area (Å²) in [6.07, 6.45) is -0.537. The standard InChI is InChI=1S/C28H36N6O8/c1-2-41-28(40)42-34-16-14-33(15-17-34)27(39)21(8-9-24(36)37)30-26(38)22-18-23(32-12-10-20(35)11-13-32)31-25(29-22)19-6-4-3-5-7-19/h3-7,18,20-21,35H,2,8-17H2,1H3,(H,30,38)(H,36,37)/t21-/m0/s1. The van der Waals surface area contributed by atoms with Crippen LogP contribution in [0.4, 0.5) is 10.6 Å². The number of hydroxylamine groups is 2. The highest BCUT2D eigenvalue weighted by Crippen LogP contribution is 2.23. The Balaban J connectivity index is 1.51. The van der Waals surface area contributed by atoms with Crippen molar-refractivity contribution >= 4 is 29.8 Å². The van der Waals surface area contributed by atoms with Crippen LogP contribution in [0.5, 0.6) is 0 Å². The minimum atomic E-state index is -1.12. The Morgan fingerprint density at radius 2 is 1.71 bits per heavy atom. The summed E-state index contributed by atoms with van der Waals surface area (Å²) in [5, 5.41) is 23.3. The normalized spacial score (nSPS) is 16.9. The average Bonchev–Trinajstić information content (AvgIpc) is 2.99. The van der Waals surface area contributed by atoms with Crippen molar-refractivity contribution in [2.24, 2.45) is 0 Å². The number of nitrogens with one attached hydrogen (secondary N) is 1. The van der Waals surface area contributed by atoms with Gasteiger partial charge in [0.1, 0.15) is 17.6 Å². The molecule has 42 heavy (non-hydrogen) atoms. The maximum atomic E-state index is 13.5. The van der Waals surface area contributed by atoms with Crippen LogP contribution >= 0.6 is 0 Å². The smallest absolute Gasteiger partial charge is 0.481 e. The van der Waals surface area contributed by atoms with E-state index in [4.69, 9.17) is 9.57 Å². The number of benzene rings is 1. The second-order valence-electron chi connectivity index (χ2n) is 10.0. The van der Waals surface area contributed by atoms with E-state index in [2.05, 4.69) is 15.3 Å². The molecule has 3 N–H and O–H groups in total. The zero-order valence-corrected chi connectivity index (χ0v) is 23.5. The average molecular weight is 585 g/mol. The molecule has 0 aliphatic carbocycles. The number of rotatable bonds is 10. The van der Waals surface area contributed by atoms with Crippen LogP contribution in [-0.2, 0) is 19.2 Å². The van der Waals surface area contributed by atoms with Gasteiger partial charge < -0.3 is 34.9 Å². The van der Waals surface area contributed by atoms with E-state index in [0.717, 1.165) is 0 Å². The molecule has 1 aromatic carbocycles. The van der Waals surface area contributed by atoms with Crippen molar-refractivity contribution in [2.45, 2.75) is 44.8 Å². The van der Waals surface area contributed by atoms with Crippen molar-refractivity contribution < 1.29 is 39.0 Å². The van der Waals surface area contributed by atoms with Crippen LogP contribution in [0.25, 0.3) is 11.4 Å². The van der Waals surface area contributed by atoms with Gasteiger partial charge in [0.25, 0.3) is 5.91 Å². The van der Waals surface area contributed by atoms with Crippen molar-refractivity contribution in [3.63, 3.8) is 0 Å². The first-order valence-corrected chi connectivity index (χ1v) is 14.0. The van der Waals surface area contributed by atoms with E-state index >= 15 is 0 Å². The predicted molar refractivity (Wildman–Crippen MR) is 149 cm³/mol. The lowest BCUT2D eigenvalue weighted by atomic mass is 10.1. The van der Waals surface area contributed by atoms with Gasteiger partial charge in [0.05, 0.1) is 25.8 Å². The second kappa shape index (κ2) is 14.5. The van der Waals surface area contributed by atoms with Crippen molar-refractivity contribution in [1.82, 2.24) is 25.2 Å². The SMILES string of the molecule is CCOC(=O)ON1CCN(C(=O)[C@H](CCC(=O)O)NC(=O)c2cc(N3CCC(O)CC3)nc(-c3ccccc3)n2)CC1. The largest absolute Gasteiger partial charge is 0.527 e. The van der Waals surface area contributed by atoms with Gasteiger partial charge in [-0.25, -0.2) is 14.8 Å². The number of amides is 2. The minimum Gasteiger partial charge on any atom is -0.481 e. The summed E-state index contributed by atoms with van der Waals surface area (Å²) in [7, 11) is 0. The van der Waals surface area contributed by atoms with Gasteiger partial charge in [-0.2, -0.15) is 0 Å². The van der Waals surface area contributed by atoms with Gasteiger partial charge in [-0.15, -0.1) is 5.06 Å². The maximum absolute atomic E-state index is 13.5. The molecule has 226 valence electrons. The summed E-state index contributed by atoms with van der Waals surface area (Å²) in [5.41, 5.74) is 0.734. The molecule has 0 bridgehead atoms. The number of anilines is 1. The van der Waals surface area contributed by atoms with Crippen LogP contribution in [0.3, 0.4) is 0 Å². The lowest BCUT2D eigenvalue weighted by Gasteiger charge is -2.35. The summed E-state index contributed by atoms with van der Waals surface area (Å²) in [6, 6.07) is 9.60. The highest BCUT2D eigenvalue weighted by molar-refractivity contribution is 5.97. The molecule has 2 amide bonds. The first-order valence-electron chi connectivity index (χ1n) is 14.0. The minimum absolute atomic E-state index is 0.0331. The third-order valence-corrected chi connectivity index (χ3v) is 7.03. The molecule has 4 rings (SSSR count). The molecule has 0 saturated carbocycles. The van der Waals surface area contributed by atoms with E-state index in [1.54, 1.807) is 13.0 Å². The van der Waals surface area contributed by atoms with Crippen molar-refractivity contribution in [3.8, 4) is 11.4 Å². The first kappa shape index (κ1) is 30.7. The van der Waals surface area contributed by atoms with Gasteiger partial charge in [-0.3, -0.25) is 14.4 Å². The Kier molecular flexibility index (Phi) is 10.6. The molecule has 0 unspecified atom stereocenters. The topological polar surface area (TPSA) is 175 Å². The van der Waals surface area contributed by atoms with E-state index in [9.17, 15) is 29.4 Å². The monoisotopic (exact) mass is 584 g/mol. The number of hydrogen-bond donors (Lipinski definition) is 3. The van der Waals surface area contributed by atoms with E-state index in [1.165, 1.54) is 9.96 Å². The molecule has 2 aliphatic rings. The molecule has 14 nitrogen and oxygen atoms in total. The molecule has 0 spiro atoms. The molecule has 14 heteroatoms. The summed E-state index contributed by atoms with van der Waals surface area (Å²) >= 11 is 0. The highest BCUT2D eigenvalue weighted by Gasteiger charge is 2.31. The maximum Gasteiger partial charge on any atom is 0.527 e. The molecule has 0 radical (unpaired) electrons. The fraction of sp³-hybridized carbons (Fsp3) is 0.500. The number of carboxylic acid groups (broad SMARTS) is 1. The Hall–Kier alpha value is -4.30. The van der Waals surface area contributed by atoms with Gasteiger partial charge in [-0.1, -0.05) is 30.3 Å². The third kappa shape index (κ3) is 8.36. The van der Waals surface area contributed by atoms with Crippen molar-refractivity contribution in [2.75, 3.05) is 50.8 Å². The van der Waals surface area contributed by atoms with Crippen LogP contribution in [-0.4, -0.2) is 112 Å². The fourth-order valence-electron chi connectivity index (χ4n) is 4.75. The molecule has 3 heterocycles. The highest BCUT2D eigenvalue weighted by atomic mass is 16.8. The summed E-state index contributed by atoms with van der Waals surface area (Å²) in [5.74, 6) is -1.33. The number of aliphatic hydroxyl groups excluding tert-OH is 1. The summed E-state index contributed by atoms with van der Waals surface area (Å²) < 4.78 is 4.77. The number of ether oxygens (including phenoxy) is 1. The van der Waals surface area contributed by atoms with Gasteiger partial charge >= 0.3 is 12.1 Å². The van der Waals surface area contributed by atoms with E-state index in [-0.39, 0.29) is 57.4 Å². The number of hydrogen-bond acceptors (Lipinski definition) is 11. The Morgan fingerprint density at radius 3 is 2.36 bits per heavy atom. The number of aliphatic hydroxyl groups is 1. The van der Waals surface area contributed by atoms with E-state index < -0.39 is 30.0 Å². The lowest BCUT2D eigenvalue weighted by molar-refractivity contribution is -0.157. The molecular weight excluding hydrogens is 548 g/mol. The van der Waals surface area contributed by atoms with Crippen LogP contribution in [0.2, 0.25) is 0 Å². The number of carbonyl (C=O) groups excluding carboxylic acids is 3. The summed E-state index contributed by atoms with van der Waals surface area (Å²) in [4.78, 5) is 67.6. The third-order valence-electron chi connectivity index (χ3n) is 7.03. The Morgan fingerprint density at radius 1 is 1.02 bits per heavy atom. The van der Waals surface area contributed by atoms with Gasteiger partial charge in [0.2, 0.25) is 5.91 Å². The molecule has 2 aromatic rings. The van der Waals surface area contributed by atoms with Crippen molar-refractivity contribution in [1.29, 1.82) is 0 Å². The van der Waals surface area contributed by atoms with Crippen LogP contribution in [0.1, 0.15) is 43.1 Å². The number of nitrogens with zero attached hydrogens (tertiary/aromatic N) is 5. The molecular formula is C28H36N6O8. The fourth-order valence-corrected chi connectivity index (χ4v) is 4.75. The van der Waals surface area contributed by atoms with E-state index in [0.29, 0.717) is 43.1 Å². The number of piperazine rings is 1. The number of aliphatic carboxylic acids is 1. The van der Waals surface area contributed by atoms with Crippen LogP contribution < -0.4 is 10.2 Å². The second-order valence-corrected chi connectivity index (χ2v) is 10.0. The molecule has 2 saturated heterocycles.